The molecule has 0 bridgehead atoms. The van der Waals surface area contributed by atoms with Gasteiger partial charge in [0.05, 0.1) is 13.2 Å². The largest absolute Gasteiger partial charge is 0.465 e. The molecule has 1 atom stereocenters. The Morgan fingerprint density at radius 2 is 2.28 bits per heavy atom. The molecule has 0 saturated heterocycles. The van der Waals surface area contributed by atoms with Gasteiger partial charge < -0.3 is 19.4 Å². The van der Waals surface area contributed by atoms with Crippen LogP contribution >= 0.6 is 0 Å². The molecule has 1 aliphatic rings. The number of methoxy groups -OCH3 is 1. The molecule has 1 N–H and O–H groups in total. The molecule has 0 saturated carbocycles. The smallest absolute Gasteiger partial charge is 0.325 e. The minimum Gasteiger partial charge on any atom is -0.465 e. The van der Waals surface area contributed by atoms with Gasteiger partial charge in [-0.05, 0) is 49.9 Å². The maximum atomic E-state index is 13.8. The molecular formula is C19H25FN2O3. The molecule has 1 heterocycles. The zero-order valence-electron chi connectivity index (χ0n) is 14.8. The van der Waals surface area contributed by atoms with Gasteiger partial charge in [0.2, 0.25) is 0 Å². The summed E-state index contributed by atoms with van der Waals surface area (Å²) in [5.41, 5.74) is 3.16. The van der Waals surface area contributed by atoms with Gasteiger partial charge in [0.1, 0.15) is 12.4 Å². The van der Waals surface area contributed by atoms with Gasteiger partial charge >= 0.3 is 5.97 Å². The summed E-state index contributed by atoms with van der Waals surface area (Å²) in [5, 5.41) is 4.39. The van der Waals surface area contributed by atoms with E-state index >= 15 is 0 Å². The number of hydrogen-bond donors (Lipinski definition) is 1. The molecule has 3 rings (SSSR count). The molecule has 1 aromatic carbocycles. The van der Waals surface area contributed by atoms with E-state index < -0.39 is 0 Å². The number of nitrogens with one attached hydrogen (secondary N) is 1. The Kier molecular flexibility index (Phi) is 5.71. The Morgan fingerprint density at radius 1 is 1.44 bits per heavy atom. The number of aromatic nitrogens is 1. The van der Waals surface area contributed by atoms with E-state index in [1.807, 2.05) is 4.57 Å². The third-order valence-corrected chi connectivity index (χ3v) is 4.76. The lowest BCUT2D eigenvalue weighted by Gasteiger charge is -2.25. The lowest BCUT2D eigenvalue weighted by Crippen LogP contribution is -2.36. The van der Waals surface area contributed by atoms with Crippen molar-refractivity contribution >= 4 is 16.9 Å². The van der Waals surface area contributed by atoms with Crippen LogP contribution in [0.3, 0.4) is 0 Å². The minimum atomic E-state index is -0.258. The number of benzene rings is 1. The number of nitrogens with zero attached hydrogens (tertiary/aromatic N) is 1. The summed E-state index contributed by atoms with van der Waals surface area (Å²) >= 11 is 0. The average Bonchev–Trinajstić information content (AvgIpc) is 2.88. The van der Waals surface area contributed by atoms with Crippen molar-refractivity contribution in [1.82, 2.24) is 9.88 Å². The molecule has 25 heavy (non-hydrogen) atoms. The molecule has 0 spiro atoms. The maximum Gasteiger partial charge on any atom is 0.325 e. The van der Waals surface area contributed by atoms with Crippen molar-refractivity contribution in [2.24, 2.45) is 0 Å². The summed E-state index contributed by atoms with van der Waals surface area (Å²) in [5.74, 6) is -0.509. The first-order valence-corrected chi connectivity index (χ1v) is 8.81. The number of esters is 1. The number of hydrogen-bond acceptors (Lipinski definition) is 4. The molecule has 5 nitrogen and oxygen atoms in total. The van der Waals surface area contributed by atoms with E-state index in [1.165, 1.54) is 6.07 Å². The normalized spacial score (nSPS) is 16.8. The van der Waals surface area contributed by atoms with Crippen molar-refractivity contribution < 1.29 is 18.7 Å². The predicted molar refractivity (Wildman–Crippen MR) is 94.2 cm³/mol. The molecule has 136 valence electrons. The van der Waals surface area contributed by atoms with E-state index in [0.717, 1.165) is 48.0 Å². The first-order valence-electron chi connectivity index (χ1n) is 8.81. The van der Waals surface area contributed by atoms with Crippen LogP contribution in [0, 0.1) is 5.82 Å². The number of rotatable bonds is 7. The Balaban J connectivity index is 1.92. The number of halogens is 1. The van der Waals surface area contributed by atoms with Gasteiger partial charge in [-0.2, -0.15) is 0 Å². The van der Waals surface area contributed by atoms with Gasteiger partial charge in [-0.3, -0.25) is 4.79 Å². The molecule has 0 amide bonds. The van der Waals surface area contributed by atoms with Crippen LogP contribution < -0.4 is 5.32 Å². The standard InChI is InChI=1S/C19H25FN2O3/c1-3-25-19(23)12-22-17-6-4-13(20)10-15(17)16-11-14(5-7-18(16)22)21-8-9-24-2/h4,6,10,14,21H,3,5,7-9,11-12H2,1-2H3/t14-/m0/s1. The summed E-state index contributed by atoms with van der Waals surface area (Å²) in [6, 6.07) is 5.12. The second-order valence-electron chi connectivity index (χ2n) is 6.36. The number of fused-ring (bicyclic) bond motifs is 3. The summed E-state index contributed by atoms with van der Waals surface area (Å²) in [7, 11) is 1.69. The summed E-state index contributed by atoms with van der Waals surface area (Å²) in [6.45, 7) is 3.80. The van der Waals surface area contributed by atoms with Crippen molar-refractivity contribution in [3.8, 4) is 0 Å². The highest BCUT2D eigenvalue weighted by molar-refractivity contribution is 5.87. The predicted octanol–water partition coefficient (Wildman–Crippen LogP) is 2.44. The van der Waals surface area contributed by atoms with Crippen LogP contribution in [0.4, 0.5) is 4.39 Å². The van der Waals surface area contributed by atoms with E-state index in [9.17, 15) is 9.18 Å². The monoisotopic (exact) mass is 348 g/mol. The molecule has 0 fully saturated rings. The van der Waals surface area contributed by atoms with E-state index in [1.54, 1.807) is 26.2 Å². The Bertz CT molecular complexity index is 757. The summed E-state index contributed by atoms with van der Waals surface area (Å²) in [4.78, 5) is 12.0. The van der Waals surface area contributed by atoms with Crippen LogP contribution in [0.2, 0.25) is 0 Å². The van der Waals surface area contributed by atoms with Crippen LogP contribution in [-0.2, 0) is 33.7 Å². The summed E-state index contributed by atoms with van der Waals surface area (Å²) in [6.07, 6.45) is 2.67. The minimum absolute atomic E-state index is 0.174. The number of carbonyl (C=O) groups is 1. The average molecular weight is 348 g/mol. The van der Waals surface area contributed by atoms with Crippen molar-refractivity contribution in [2.75, 3.05) is 26.9 Å². The molecule has 6 heteroatoms. The Hall–Kier alpha value is -1.92. The zero-order valence-corrected chi connectivity index (χ0v) is 14.8. The highest BCUT2D eigenvalue weighted by Gasteiger charge is 2.26. The molecule has 2 aromatic rings. The van der Waals surface area contributed by atoms with Gasteiger partial charge in [0, 0.05) is 36.3 Å². The number of ether oxygens (including phenoxy) is 2. The summed E-state index contributed by atoms with van der Waals surface area (Å²) < 4.78 is 26.0. The Morgan fingerprint density at radius 3 is 3.04 bits per heavy atom. The SMILES string of the molecule is CCOC(=O)Cn1c2c(c3cc(F)ccc31)C[C@@H](NCCOC)CC2. The first-order chi connectivity index (χ1) is 12.1. The Labute approximate surface area is 147 Å². The van der Waals surface area contributed by atoms with Gasteiger partial charge in [0.25, 0.3) is 0 Å². The van der Waals surface area contributed by atoms with E-state index in [4.69, 9.17) is 9.47 Å². The second kappa shape index (κ2) is 7.97. The quantitative estimate of drug-likeness (QED) is 0.617. The fourth-order valence-electron chi connectivity index (χ4n) is 3.68. The third kappa shape index (κ3) is 3.85. The van der Waals surface area contributed by atoms with Crippen molar-refractivity contribution in [3.63, 3.8) is 0 Å². The molecule has 1 aromatic heterocycles. The molecule has 0 unspecified atom stereocenters. The van der Waals surface area contributed by atoms with Crippen molar-refractivity contribution in [3.05, 3.63) is 35.3 Å². The van der Waals surface area contributed by atoms with Crippen LogP contribution in [0.15, 0.2) is 18.2 Å². The topological polar surface area (TPSA) is 52.5 Å². The molecule has 1 aliphatic carbocycles. The van der Waals surface area contributed by atoms with Crippen LogP contribution in [-0.4, -0.2) is 43.4 Å². The van der Waals surface area contributed by atoms with Gasteiger partial charge in [0.15, 0.2) is 0 Å². The third-order valence-electron chi connectivity index (χ3n) is 4.76. The fraction of sp³-hybridized carbons (Fsp3) is 0.526. The zero-order chi connectivity index (χ0) is 17.8. The van der Waals surface area contributed by atoms with E-state index in [-0.39, 0.29) is 18.3 Å². The second-order valence-corrected chi connectivity index (χ2v) is 6.36. The lowest BCUT2D eigenvalue weighted by atomic mass is 9.91. The van der Waals surface area contributed by atoms with Crippen LogP contribution in [0.5, 0.6) is 0 Å². The van der Waals surface area contributed by atoms with Gasteiger partial charge in [-0.15, -0.1) is 0 Å². The molecular weight excluding hydrogens is 323 g/mol. The lowest BCUT2D eigenvalue weighted by molar-refractivity contribution is -0.143. The first kappa shape index (κ1) is 17.9. The number of carbonyl (C=O) groups excluding carboxylic acids is 1. The van der Waals surface area contributed by atoms with Crippen LogP contribution in [0.1, 0.15) is 24.6 Å². The van der Waals surface area contributed by atoms with Crippen LogP contribution in [0.25, 0.3) is 10.9 Å². The van der Waals surface area contributed by atoms with Gasteiger partial charge in [-0.1, -0.05) is 0 Å². The molecule has 0 aliphatic heterocycles. The highest BCUT2D eigenvalue weighted by atomic mass is 19.1. The highest BCUT2D eigenvalue weighted by Crippen LogP contribution is 2.33. The van der Waals surface area contributed by atoms with E-state index in [2.05, 4.69) is 5.32 Å². The van der Waals surface area contributed by atoms with E-state index in [0.29, 0.717) is 19.3 Å². The fourth-order valence-corrected chi connectivity index (χ4v) is 3.68. The molecule has 0 radical (unpaired) electrons. The van der Waals surface area contributed by atoms with Gasteiger partial charge in [-0.25, -0.2) is 4.39 Å². The maximum absolute atomic E-state index is 13.8. The van der Waals surface area contributed by atoms with Crippen molar-refractivity contribution in [1.29, 1.82) is 0 Å². The van der Waals surface area contributed by atoms with Crippen molar-refractivity contribution in [2.45, 2.75) is 38.8 Å².